The molecule has 0 aromatic rings. The zero-order valence-corrected chi connectivity index (χ0v) is 25.6. The molecule has 0 atom stereocenters. The van der Waals surface area contributed by atoms with Crippen molar-refractivity contribution in [3.63, 3.8) is 0 Å². The van der Waals surface area contributed by atoms with E-state index in [9.17, 15) is 14.2 Å². The minimum absolute atomic E-state index is 0.0308. The van der Waals surface area contributed by atoms with Crippen molar-refractivity contribution < 1.29 is 32.7 Å². The fourth-order valence-corrected chi connectivity index (χ4v) is 4.69. The summed E-state index contributed by atoms with van der Waals surface area (Å²) in [4.78, 5) is 23.5. The second kappa shape index (κ2) is 30.5. The van der Waals surface area contributed by atoms with Gasteiger partial charge in [0.2, 0.25) is 0 Å². The van der Waals surface area contributed by atoms with E-state index in [1.165, 1.54) is 103 Å². The number of esters is 2. The van der Waals surface area contributed by atoms with Gasteiger partial charge in [-0.05, 0) is 12.8 Å². The quantitative estimate of drug-likeness (QED) is 0.0490. The highest BCUT2D eigenvalue weighted by Gasteiger charge is 2.21. The third kappa shape index (κ3) is 29.5. The van der Waals surface area contributed by atoms with Gasteiger partial charge in [-0.3, -0.25) is 9.59 Å². The Morgan fingerprint density at radius 3 is 1.05 bits per heavy atom. The van der Waals surface area contributed by atoms with Gasteiger partial charge in [0.1, 0.15) is 13.2 Å². The summed E-state index contributed by atoms with van der Waals surface area (Å²) < 4.78 is 32.1. The van der Waals surface area contributed by atoms with E-state index in [-0.39, 0.29) is 38.0 Å². The Morgan fingerprint density at radius 2 is 0.737 bits per heavy atom. The van der Waals surface area contributed by atoms with Gasteiger partial charge in [0.05, 0.1) is 26.1 Å². The minimum atomic E-state index is -2.37. The maximum atomic E-state index is 11.7. The SMILES string of the molecule is CCCCCCCCCCCCOC(=O)CCO[P+](=O)OCCC(=O)OCCCCCCCCCCCC. The molecule has 0 aromatic carbocycles. The van der Waals surface area contributed by atoms with Crippen LogP contribution in [0.1, 0.15) is 155 Å². The van der Waals surface area contributed by atoms with Gasteiger partial charge < -0.3 is 9.47 Å². The molecule has 0 heterocycles. The first-order valence-electron chi connectivity index (χ1n) is 15.6. The lowest BCUT2D eigenvalue weighted by Gasteiger charge is -2.04. The summed E-state index contributed by atoms with van der Waals surface area (Å²) in [7, 11) is -2.37. The number of carbonyl (C=O) groups excluding carboxylic acids is 2. The average molecular weight is 562 g/mol. The van der Waals surface area contributed by atoms with Crippen LogP contribution in [0, 0.1) is 0 Å². The summed E-state index contributed by atoms with van der Waals surface area (Å²) in [6, 6.07) is 0. The summed E-state index contributed by atoms with van der Waals surface area (Å²) in [6.07, 6.45) is 24.7. The van der Waals surface area contributed by atoms with Crippen LogP contribution in [0.4, 0.5) is 0 Å². The molecule has 38 heavy (non-hydrogen) atoms. The average Bonchev–Trinajstić information content (AvgIpc) is 2.90. The van der Waals surface area contributed by atoms with Gasteiger partial charge in [0.15, 0.2) is 0 Å². The predicted octanol–water partition coefficient (Wildman–Crippen LogP) is 9.39. The lowest BCUT2D eigenvalue weighted by atomic mass is 10.1. The van der Waals surface area contributed by atoms with Crippen LogP contribution in [0.15, 0.2) is 0 Å². The fourth-order valence-electron chi connectivity index (χ4n) is 4.14. The Morgan fingerprint density at radius 1 is 0.447 bits per heavy atom. The Hall–Kier alpha value is -1.04. The lowest BCUT2D eigenvalue weighted by molar-refractivity contribution is -0.145. The Labute approximate surface area is 234 Å². The van der Waals surface area contributed by atoms with Crippen LogP contribution in [0.2, 0.25) is 0 Å². The molecule has 0 spiro atoms. The van der Waals surface area contributed by atoms with Crippen LogP contribution in [0.25, 0.3) is 0 Å². The normalized spacial score (nSPS) is 11.0. The standard InChI is InChI=1S/C30H58O7P/c1-3-5-7-9-11-13-15-17-19-21-25-34-29(31)23-27-36-38(33)37-28-24-30(32)35-26-22-20-18-16-14-12-10-8-6-4-2/h3-28H2,1-2H3/q+1. The molecule has 7 nitrogen and oxygen atoms in total. The summed E-state index contributed by atoms with van der Waals surface area (Å²) >= 11 is 0. The maximum absolute atomic E-state index is 11.7. The molecule has 224 valence electrons. The summed E-state index contributed by atoms with van der Waals surface area (Å²) in [5.74, 6) is -0.722. The second-order valence-electron chi connectivity index (χ2n) is 10.2. The number of rotatable bonds is 30. The molecule has 8 heteroatoms. The van der Waals surface area contributed by atoms with Gasteiger partial charge in [-0.15, -0.1) is 9.05 Å². The van der Waals surface area contributed by atoms with Gasteiger partial charge in [-0.2, -0.15) is 0 Å². The van der Waals surface area contributed by atoms with E-state index < -0.39 is 8.25 Å². The van der Waals surface area contributed by atoms with E-state index in [2.05, 4.69) is 13.8 Å². The van der Waals surface area contributed by atoms with Crippen molar-refractivity contribution in [2.45, 2.75) is 155 Å². The smallest absolute Gasteiger partial charge is 0.466 e. The first kappa shape index (κ1) is 37.0. The topological polar surface area (TPSA) is 88.1 Å². The number of unbranched alkanes of at least 4 members (excludes halogenated alkanes) is 18. The zero-order chi connectivity index (χ0) is 27.9. The molecule has 0 amide bonds. The molecule has 0 bridgehead atoms. The number of hydrogen-bond donors (Lipinski definition) is 0. The van der Waals surface area contributed by atoms with Crippen LogP contribution in [-0.4, -0.2) is 38.4 Å². The molecule has 0 radical (unpaired) electrons. The molecule has 0 aliphatic heterocycles. The van der Waals surface area contributed by atoms with Crippen molar-refractivity contribution in [2.75, 3.05) is 26.4 Å². The molecule has 0 saturated carbocycles. The van der Waals surface area contributed by atoms with Crippen molar-refractivity contribution in [3.8, 4) is 0 Å². The fraction of sp³-hybridized carbons (Fsp3) is 0.933. The van der Waals surface area contributed by atoms with E-state index in [4.69, 9.17) is 18.5 Å². The first-order chi connectivity index (χ1) is 18.6. The highest BCUT2D eigenvalue weighted by molar-refractivity contribution is 7.33. The van der Waals surface area contributed by atoms with Gasteiger partial charge >= 0.3 is 20.2 Å². The van der Waals surface area contributed by atoms with E-state index >= 15 is 0 Å². The van der Waals surface area contributed by atoms with E-state index in [0.29, 0.717) is 13.2 Å². The minimum Gasteiger partial charge on any atom is -0.466 e. The summed E-state index contributed by atoms with van der Waals surface area (Å²) in [6.45, 7) is 5.24. The lowest BCUT2D eigenvalue weighted by Crippen LogP contribution is -2.09. The number of hydrogen-bond acceptors (Lipinski definition) is 7. The third-order valence-electron chi connectivity index (χ3n) is 6.53. The van der Waals surface area contributed by atoms with Gasteiger partial charge in [-0.1, -0.05) is 129 Å². The van der Waals surface area contributed by atoms with Gasteiger partial charge in [0, 0.05) is 4.57 Å². The van der Waals surface area contributed by atoms with Gasteiger partial charge in [0.25, 0.3) is 0 Å². The Kier molecular flexibility index (Phi) is 29.7. The van der Waals surface area contributed by atoms with E-state index in [1.807, 2.05) is 0 Å². The van der Waals surface area contributed by atoms with Crippen LogP contribution in [0.3, 0.4) is 0 Å². The molecule has 0 saturated heterocycles. The summed E-state index contributed by atoms with van der Waals surface area (Å²) in [5.41, 5.74) is 0. The van der Waals surface area contributed by atoms with Crippen LogP contribution >= 0.6 is 8.25 Å². The van der Waals surface area contributed by atoms with Crippen LogP contribution in [0.5, 0.6) is 0 Å². The van der Waals surface area contributed by atoms with Crippen LogP contribution in [-0.2, 0) is 32.7 Å². The van der Waals surface area contributed by atoms with Crippen LogP contribution < -0.4 is 0 Å². The zero-order valence-electron chi connectivity index (χ0n) is 24.7. The highest BCUT2D eigenvalue weighted by atomic mass is 31.1. The molecule has 0 aliphatic rings. The molecule has 0 unspecified atom stereocenters. The van der Waals surface area contributed by atoms with Crippen molar-refractivity contribution in [2.24, 2.45) is 0 Å². The third-order valence-corrected chi connectivity index (χ3v) is 7.31. The first-order valence-corrected chi connectivity index (χ1v) is 16.7. The molecular weight excluding hydrogens is 503 g/mol. The molecular formula is C30H58O7P+. The highest BCUT2D eigenvalue weighted by Crippen LogP contribution is 2.24. The Balaban J connectivity index is 3.40. The summed E-state index contributed by atoms with van der Waals surface area (Å²) in [5, 5.41) is 0. The van der Waals surface area contributed by atoms with E-state index in [0.717, 1.165) is 25.7 Å². The monoisotopic (exact) mass is 561 g/mol. The number of ether oxygens (including phenoxy) is 2. The van der Waals surface area contributed by atoms with Gasteiger partial charge in [-0.25, -0.2) is 0 Å². The van der Waals surface area contributed by atoms with Crippen molar-refractivity contribution in [1.29, 1.82) is 0 Å². The molecule has 0 aliphatic carbocycles. The molecule has 0 aromatic heterocycles. The second-order valence-corrected chi connectivity index (χ2v) is 11.2. The maximum Gasteiger partial charge on any atom is 0.697 e. The molecule has 0 rings (SSSR count). The largest absolute Gasteiger partial charge is 0.697 e. The Bertz CT molecular complexity index is 511. The molecule has 0 N–H and O–H groups in total. The predicted molar refractivity (Wildman–Crippen MR) is 154 cm³/mol. The molecule has 0 fully saturated rings. The number of carbonyl (C=O) groups is 2. The van der Waals surface area contributed by atoms with E-state index in [1.54, 1.807) is 0 Å². The van der Waals surface area contributed by atoms with Crippen molar-refractivity contribution in [1.82, 2.24) is 0 Å². The van der Waals surface area contributed by atoms with Crippen molar-refractivity contribution >= 4 is 20.2 Å². The van der Waals surface area contributed by atoms with Crippen molar-refractivity contribution in [3.05, 3.63) is 0 Å².